The van der Waals surface area contributed by atoms with Crippen LogP contribution < -0.4 is 10.2 Å². The smallest absolute Gasteiger partial charge is 0.368 e. The summed E-state index contributed by atoms with van der Waals surface area (Å²) < 4.78 is 39.1. The highest BCUT2D eigenvalue weighted by Crippen LogP contribution is 2.37. The zero-order valence-corrected chi connectivity index (χ0v) is 11.2. The molecule has 1 atom stereocenters. The van der Waals surface area contributed by atoms with E-state index in [0.29, 0.717) is 19.6 Å². The van der Waals surface area contributed by atoms with E-state index in [1.807, 2.05) is 11.8 Å². The zero-order valence-electron chi connectivity index (χ0n) is 11.2. The molecule has 5 heteroatoms. The second kappa shape index (κ2) is 5.04. The number of rotatable bonds is 2. The predicted molar refractivity (Wildman–Crippen MR) is 70.4 cm³/mol. The number of hydrogen-bond donors (Lipinski definition) is 1. The van der Waals surface area contributed by atoms with Crippen LogP contribution in [0.4, 0.5) is 18.9 Å². The topological polar surface area (TPSA) is 15.3 Å². The zero-order chi connectivity index (χ0) is 14.1. The molecule has 0 aliphatic carbocycles. The first kappa shape index (κ1) is 14.2. The van der Waals surface area contributed by atoms with Crippen LogP contribution in [0.3, 0.4) is 0 Å². The number of benzene rings is 1. The lowest BCUT2D eigenvalue weighted by atomic mass is 9.95. The third-order valence-electron chi connectivity index (χ3n) is 3.80. The highest BCUT2D eigenvalue weighted by molar-refractivity contribution is 5.55. The second-order valence-corrected chi connectivity index (χ2v) is 5.28. The SMILES string of the molecule is CCC1(C)CN(c2ccccc2C(F)(F)F)CCN1. The van der Waals surface area contributed by atoms with Crippen LogP contribution in [0.2, 0.25) is 0 Å². The Bertz CT molecular complexity index is 445. The van der Waals surface area contributed by atoms with Gasteiger partial charge >= 0.3 is 6.18 Å². The van der Waals surface area contributed by atoms with Crippen LogP contribution in [-0.4, -0.2) is 25.2 Å². The van der Waals surface area contributed by atoms with Gasteiger partial charge in [0.15, 0.2) is 0 Å². The Morgan fingerprint density at radius 3 is 2.63 bits per heavy atom. The summed E-state index contributed by atoms with van der Waals surface area (Å²) in [6.07, 6.45) is -3.41. The fourth-order valence-corrected chi connectivity index (χ4v) is 2.48. The van der Waals surface area contributed by atoms with Gasteiger partial charge in [-0.3, -0.25) is 0 Å². The number of anilines is 1. The van der Waals surface area contributed by atoms with E-state index in [2.05, 4.69) is 12.2 Å². The van der Waals surface area contributed by atoms with Gasteiger partial charge in [-0.15, -0.1) is 0 Å². The molecule has 19 heavy (non-hydrogen) atoms. The van der Waals surface area contributed by atoms with Crippen molar-refractivity contribution in [3.8, 4) is 0 Å². The molecule has 2 nitrogen and oxygen atoms in total. The Kier molecular flexibility index (Phi) is 3.76. The summed E-state index contributed by atoms with van der Waals surface area (Å²) in [5, 5.41) is 3.38. The number of hydrogen-bond acceptors (Lipinski definition) is 2. The van der Waals surface area contributed by atoms with Crippen molar-refractivity contribution in [2.45, 2.75) is 32.0 Å². The summed E-state index contributed by atoms with van der Waals surface area (Å²) >= 11 is 0. The van der Waals surface area contributed by atoms with Gasteiger partial charge in [0.2, 0.25) is 0 Å². The Morgan fingerprint density at radius 2 is 2.00 bits per heavy atom. The molecule has 1 fully saturated rings. The molecule has 1 aromatic carbocycles. The van der Waals surface area contributed by atoms with Crippen LogP contribution in [0.1, 0.15) is 25.8 Å². The first-order valence-electron chi connectivity index (χ1n) is 6.52. The molecule has 0 spiro atoms. The quantitative estimate of drug-likeness (QED) is 0.888. The monoisotopic (exact) mass is 272 g/mol. The van der Waals surface area contributed by atoms with Crippen molar-refractivity contribution in [3.63, 3.8) is 0 Å². The van der Waals surface area contributed by atoms with Gasteiger partial charge in [0.25, 0.3) is 0 Å². The lowest BCUT2D eigenvalue weighted by Crippen LogP contribution is -2.58. The molecule has 0 radical (unpaired) electrons. The van der Waals surface area contributed by atoms with E-state index < -0.39 is 11.7 Å². The van der Waals surface area contributed by atoms with E-state index >= 15 is 0 Å². The average molecular weight is 272 g/mol. The van der Waals surface area contributed by atoms with E-state index in [-0.39, 0.29) is 11.2 Å². The van der Waals surface area contributed by atoms with Gasteiger partial charge < -0.3 is 10.2 Å². The molecule has 0 aromatic heterocycles. The van der Waals surface area contributed by atoms with Crippen LogP contribution in [0.5, 0.6) is 0 Å². The highest BCUT2D eigenvalue weighted by atomic mass is 19.4. The van der Waals surface area contributed by atoms with Crippen LogP contribution in [0, 0.1) is 0 Å². The normalized spacial score (nSPS) is 24.6. The molecule has 1 aliphatic heterocycles. The van der Waals surface area contributed by atoms with Gasteiger partial charge in [-0.25, -0.2) is 0 Å². The van der Waals surface area contributed by atoms with Crippen LogP contribution in [0.15, 0.2) is 24.3 Å². The molecule has 2 rings (SSSR count). The minimum absolute atomic E-state index is 0.128. The number of para-hydroxylation sites is 1. The van der Waals surface area contributed by atoms with E-state index in [1.54, 1.807) is 12.1 Å². The maximum atomic E-state index is 13.0. The van der Waals surface area contributed by atoms with E-state index in [9.17, 15) is 13.2 Å². The Hall–Kier alpha value is -1.23. The van der Waals surface area contributed by atoms with Crippen molar-refractivity contribution in [1.29, 1.82) is 0 Å². The van der Waals surface area contributed by atoms with Crippen LogP contribution in [-0.2, 0) is 6.18 Å². The summed E-state index contributed by atoms with van der Waals surface area (Å²) in [5.74, 6) is 0. The maximum absolute atomic E-state index is 13.0. The van der Waals surface area contributed by atoms with Gasteiger partial charge in [-0.2, -0.15) is 13.2 Å². The third-order valence-corrected chi connectivity index (χ3v) is 3.80. The van der Waals surface area contributed by atoms with Crippen molar-refractivity contribution < 1.29 is 13.2 Å². The largest absolute Gasteiger partial charge is 0.418 e. The van der Waals surface area contributed by atoms with Gasteiger partial charge in [0, 0.05) is 30.9 Å². The third kappa shape index (κ3) is 3.03. The van der Waals surface area contributed by atoms with Crippen molar-refractivity contribution in [2.24, 2.45) is 0 Å². The van der Waals surface area contributed by atoms with Gasteiger partial charge in [0.05, 0.1) is 5.56 Å². The number of nitrogens with one attached hydrogen (secondary N) is 1. The summed E-state index contributed by atoms with van der Waals surface area (Å²) in [5.41, 5.74) is -0.386. The minimum Gasteiger partial charge on any atom is -0.368 e. The molecule has 1 unspecified atom stereocenters. The first-order chi connectivity index (χ1) is 8.86. The molecule has 1 saturated heterocycles. The Morgan fingerprint density at radius 1 is 1.32 bits per heavy atom. The molecule has 1 N–H and O–H groups in total. The van der Waals surface area contributed by atoms with E-state index in [1.165, 1.54) is 6.07 Å². The molecule has 1 aliphatic rings. The maximum Gasteiger partial charge on any atom is 0.418 e. The highest BCUT2D eigenvalue weighted by Gasteiger charge is 2.37. The lowest BCUT2D eigenvalue weighted by molar-refractivity contribution is -0.137. The predicted octanol–water partition coefficient (Wildman–Crippen LogP) is 3.28. The molecule has 0 amide bonds. The van der Waals surface area contributed by atoms with Gasteiger partial charge in [-0.05, 0) is 25.5 Å². The molecule has 1 heterocycles. The van der Waals surface area contributed by atoms with Gasteiger partial charge in [-0.1, -0.05) is 19.1 Å². The summed E-state index contributed by atoms with van der Waals surface area (Å²) in [6.45, 7) is 6.00. The average Bonchev–Trinajstić information content (AvgIpc) is 2.38. The summed E-state index contributed by atoms with van der Waals surface area (Å²) in [7, 11) is 0. The number of piperazine rings is 1. The van der Waals surface area contributed by atoms with E-state index in [4.69, 9.17) is 0 Å². The number of nitrogens with zero attached hydrogens (tertiary/aromatic N) is 1. The fraction of sp³-hybridized carbons (Fsp3) is 0.571. The van der Waals surface area contributed by atoms with Crippen molar-refractivity contribution in [2.75, 3.05) is 24.5 Å². The van der Waals surface area contributed by atoms with Crippen molar-refractivity contribution >= 4 is 5.69 Å². The summed E-state index contributed by atoms with van der Waals surface area (Å²) in [6, 6.07) is 5.81. The van der Waals surface area contributed by atoms with Crippen LogP contribution >= 0.6 is 0 Å². The van der Waals surface area contributed by atoms with E-state index in [0.717, 1.165) is 12.5 Å². The van der Waals surface area contributed by atoms with Crippen molar-refractivity contribution in [1.82, 2.24) is 5.32 Å². The standard InChI is InChI=1S/C14H19F3N2/c1-3-13(2)10-19(9-8-18-13)12-7-5-4-6-11(12)14(15,16)17/h4-7,18H,3,8-10H2,1-2H3. The molecule has 106 valence electrons. The molecule has 0 saturated carbocycles. The molecular weight excluding hydrogens is 253 g/mol. The van der Waals surface area contributed by atoms with Crippen LogP contribution in [0.25, 0.3) is 0 Å². The number of halogens is 3. The Labute approximate surface area is 111 Å². The van der Waals surface area contributed by atoms with Crippen molar-refractivity contribution in [3.05, 3.63) is 29.8 Å². The molecule has 1 aromatic rings. The second-order valence-electron chi connectivity index (χ2n) is 5.28. The number of alkyl halides is 3. The van der Waals surface area contributed by atoms with Gasteiger partial charge in [0.1, 0.15) is 0 Å². The lowest BCUT2D eigenvalue weighted by Gasteiger charge is -2.43. The minimum atomic E-state index is -4.30. The fourth-order valence-electron chi connectivity index (χ4n) is 2.48. The Balaban J connectivity index is 2.32. The first-order valence-corrected chi connectivity index (χ1v) is 6.52. The molecular formula is C14H19F3N2. The summed E-state index contributed by atoms with van der Waals surface area (Å²) in [4.78, 5) is 1.84. The molecule has 0 bridgehead atoms.